The summed E-state index contributed by atoms with van der Waals surface area (Å²) in [6.45, 7) is 28.4. The van der Waals surface area contributed by atoms with Gasteiger partial charge in [-0.25, -0.2) is 0 Å². The number of benzene rings is 1. The van der Waals surface area contributed by atoms with E-state index in [2.05, 4.69) is 105 Å². The first-order chi connectivity index (χ1) is 19.1. The normalized spacial score (nSPS) is 43.1. The largest absolute Gasteiger partial charge is 0.154 e. The maximum Gasteiger partial charge on any atom is 0.0547 e. The number of fused-ring (bicyclic) bond motifs is 4. The summed E-state index contributed by atoms with van der Waals surface area (Å²) < 4.78 is 0. The van der Waals surface area contributed by atoms with E-state index >= 15 is 0 Å². The Labute approximate surface area is 260 Å². The number of thioether (sulfide) groups is 1. The highest BCUT2D eigenvalue weighted by atomic mass is 32.2. The summed E-state index contributed by atoms with van der Waals surface area (Å²) in [6.07, 6.45) is 12.0. The van der Waals surface area contributed by atoms with Gasteiger partial charge in [0.2, 0.25) is 0 Å². The molecule has 0 amide bonds. The number of hydrogen-bond donors (Lipinski definition) is 0. The molecule has 4 saturated carbocycles. The molecule has 12 atom stereocenters. The molecule has 2 heteroatoms. The van der Waals surface area contributed by atoms with Crippen molar-refractivity contribution in [2.45, 2.75) is 165 Å². The molecular formula is C39H64SSi. The molecule has 230 valence electrons. The Kier molecular flexibility index (Phi) is 8.04. The van der Waals surface area contributed by atoms with Gasteiger partial charge < -0.3 is 0 Å². The van der Waals surface area contributed by atoms with Crippen molar-refractivity contribution in [1.82, 2.24) is 0 Å². The van der Waals surface area contributed by atoms with Crippen LogP contribution in [-0.2, 0) is 10.8 Å². The van der Waals surface area contributed by atoms with Crippen molar-refractivity contribution in [2.75, 3.05) is 0 Å². The van der Waals surface area contributed by atoms with E-state index in [0.29, 0.717) is 0 Å². The van der Waals surface area contributed by atoms with Crippen LogP contribution < -0.4 is 0 Å². The molecule has 6 rings (SSSR count). The van der Waals surface area contributed by atoms with Crippen LogP contribution in [0.1, 0.15) is 136 Å². The third kappa shape index (κ3) is 5.17. The summed E-state index contributed by atoms with van der Waals surface area (Å²) in [4.78, 5) is 0. The maximum absolute atomic E-state index is 2.93. The number of rotatable bonds is 3. The molecule has 4 aliphatic carbocycles. The van der Waals surface area contributed by atoms with Crippen LogP contribution >= 0.6 is 11.8 Å². The monoisotopic (exact) mass is 592 g/mol. The highest BCUT2D eigenvalue weighted by Crippen LogP contribution is 2.70. The lowest BCUT2D eigenvalue weighted by Gasteiger charge is -2.49. The van der Waals surface area contributed by atoms with Gasteiger partial charge in [-0.1, -0.05) is 119 Å². The second kappa shape index (κ2) is 10.7. The van der Waals surface area contributed by atoms with Crippen molar-refractivity contribution in [3.05, 3.63) is 34.9 Å². The van der Waals surface area contributed by atoms with Crippen molar-refractivity contribution >= 4 is 19.8 Å². The van der Waals surface area contributed by atoms with Crippen LogP contribution in [0.25, 0.3) is 0 Å². The average Bonchev–Trinajstić information content (AvgIpc) is 3.51. The summed E-state index contributed by atoms with van der Waals surface area (Å²) in [7, 11) is -1.50. The molecule has 0 bridgehead atoms. The molecule has 12 unspecified atom stereocenters. The third-order valence-corrected chi connectivity index (χ3v) is 21.3. The van der Waals surface area contributed by atoms with Gasteiger partial charge in [0, 0.05) is 10.5 Å². The zero-order valence-corrected chi connectivity index (χ0v) is 30.5. The molecule has 1 aliphatic heterocycles. The fourth-order valence-corrected chi connectivity index (χ4v) is 21.2. The van der Waals surface area contributed by atoms with E-state index < -0.39 is 8.07 Å². The summed E-state index contributed by atoms with van der Waals surface area (Å²) >= 11 is 2.49. The Morgan fingerprint density at radius 3 is 1.93 bits per heavy atom. The molecule has 5 fully saturated rings. The molecule has 5 aliphatic rings. The van der Waals surface area contributed by atoms with Crippen molar-refractivity contribution in [3.8, 4) is 0 Å². The SMILES string of the molecule is CC1CC2C(c3cc(C(C)(C)C)cc(C(C)(C)C)c3)CCCC2C1[Si](C)(C)C1C(C)C(C)C2SC3CCCCC3C21. The zero-order chi connectivity index (χ0) is 29.6. The zero-order valence-electron chi connectivity index (χ0n) is 28.7. The second-order valence-corrected chi connectivity index (χ2v) is 25.1. The first-order valence-corrected chi connectivity index (χ1v) is 22.0. The molecule has 1 aromatic carbocycles. The summed E-state index contributed by atoms with van der Waals surface area (Å²) in [5.74, 6) is 7.51. The fraction of sp³-hybridized carbons (Fsp3) is 0.846. The highest BCUT2D eigenvalue weighted by molar-refractivity contribution is 8.00. The molecular weight excluding hydrogens is 529 g/mol. The lowest BCUT2D eigenvalue weighted by Crippen LogP contribution is -2.48. The van der Waals surface area contributed by atoms with Crippen LogP contribution in [0.2, 0.25) is 24.2 Å². The molecule has 0 spiro atoms. The van der Waals surface area contributed by atoms with Crippen LogP contribution in [0.4, 0.5) is 0 Å². The van der Waals surface area contributed by atoms with E-state index in [1.807, 2.05) is 0 Å². The maximum atomic E-state index is 2.93. The quantitative estimate of drug-likeness (QED) is 0.315. The lowest BCUT2D eigenvalue weighted by molar-refractivity contribution is 0.232. The molecule has 0 nitrogen and oxygen atoms in total. The molecule has 41 heavy (non-hydrogen) atoms. The van der Waals surface area contributed by atoms with Gasteiger partial charge in [0.15, 0.2) is 0 Å². The van der Waals surface area contributed by atoms with Crippen molar-refractivity contribution in [1.29, 1.82) is 0 Å². The highest BCUT2D eigenvalue weighted by Gasteiger charge is 2.64. The molecule has 0 aromatic heterocycles. The van der Waals surface area contributed by atoms with E-state index in [-0.39, 0.29) is 10.8 Å². The average molecular weight is 593 g/mol. The Balaban J connectivity index is 1.33. The second-order valence-electron chi connectivity index (χ2n) is 18.7. The minimum absolute atomic E-state index is 0.201. The van der Waals surface area contributed by atoms with Gasteiger partial charge in [-0.05, 0) is 112 Å². The fourth-order valence-electron chi connectivity index (χ4n) is 12.1. The first-order valence-electron chi connectivity index (χ1n) is 17.9. The molecule has 1 heterocycles. The van der Waals surface area contributed by atoms with E-state index in [9.17, 15) is 0 Å². The Hall–Kier alpha value is -0.213. The van der Waals surface area contributed by atoms with Crippen LogP contribution in [0, 0.1) is 41.4 Å². The van der Waals surface area contributed by atoms with Gasteiger partial charge in [-0.15, -0.1) is 0 Å². The minimum Gasteiger partial charge on any atom is -0.154 e. The van der Waals surface area contributed by atoms with Crippen molar-refractivity contribution in [3.63, 3.8) is 0 Å². The topological polar surface area (TPSA) is 0 Å². The van der Waals surface area contributed by atoms with Crippen molar-refractivity contribution in [2.24, 2.45) is 41.4 Å². The standard InChI is InChI=1S/C39H64SSi/c1-23-19-32-29(26-20-27(38(4,5)6)22-28(21-26)39(7,8)9)16-14-17-30(32)36(23)41(10,11)37-25(3)24(2)35-34(37)31-15-12-13-18-33(31)40-35/h20-25,29-37H,12-19H2,1-11H3. The van der Waals surface area contributed by atoms with Gasteiger partial charge in [-0.3, -0.25) is 0 Å². The smallest absolute Gasteiger partial charge is 0.0547 e. The van der Waals surface area contributed by atoms with E-state index in [4.69, 9.17) is 0 Å². The van der Waals surface area contributed by atoms with Gasteiger partial charge >= 0.3 is 0 Å². The van der Waals surface area contributed by atoms with Crippen LogP contribution in [-0.4, -0.2) is 18.6 Å². The van der Waals surface area contributed by atoms with Gasteiger partial charge in [-0.2, -0.15) is 11.8 Å². The summed E-state index contributed by atoms with van der Waals surface area (Å²) in [6, 6.07) is 7.86. The van der Waals surface area contributed by atoms with Gasteiger partial charge in [0.1, 0.15) is 0 Å². The van der Waals surface area contributed by atoms with Crippen LogP contribution in [0.15, 0.2) is 18.2 Å². The predicted octanol–water partition coefficient (Wildman–Crippen LogP) is 11.8. The first kappa shape index (κ1) is 30.8. The predicted molar refractivity (Wildman–Crippen MR) is 185 cm³/mol. The third-order valence-electron chi connectivity index (χ3n) is 14.0. The van der Waals surface area contributed by atoms with Gasteiger partial charge in [0.25, 0.3) is 0 Å². The minimum atomic E-state index is -1.50. The molecule has 1 saturated heterocycles. The van der Waals surface area contributed by atoms with Crippen molar-refractivity contribution < 1.29 is 0 Å². The summed E-state index contributed by atoms with van der Waals surface area (Å²) in [5, 5.41) is 1.97. The van der Waals surface area contributed by atoms with E-state index in [1.54, 1.807) is 23.1 Å². The lowest BCUT2D eigenvalue weighted by atomic mass is 9.69. The Bertz CT molecular complexity index is 1070. The molecule has 0 radical (unpaired) electrons. The van der Waals surface area contributed by atoms with Gasteiger partial charge in [0.05, 0.1) is 8.07 Å². The van der Waals surface area contributed by atoms with Crippen LogP contribution in [0.3, 0.4) is 0 Å². The van der Waals surface area contributed by atoms with E-state index in [1.165, 1.54) is 44.9 Å². The Morgan fingerprint density at radius 1 is 0.683 bits per heavy atom. The Morgan fingerprint density at radius 2 is 1.29 bits per heavy atom. The summed E-state index contributed by atoms with van der Waals surface area (Å²) in [5.41, 5.74) is 7.28. The molecule has 1 aromatic rings. The number of hydrogen-bond acceptors (Lipinski definition) is 1. The van der Waals surface area contributed by atoms with Crippen LogP contribution in [0.5, 0.6) is 0 Å². The van der Waals surface area contributed by atoms with E-state index in [0.717, 1.165) is 68.9 Å². The molecule has 0 N–H and O–H groups in total.